The molecule has 0 bridgehead atoms. The minimum atomic E-state index is -0.494. The molecular weight excluding hydrogens is 446 g/mol. The Morgan fingerprint density at radius 2 is 1.60 bits per heavy atom. The topological polar surface area (TPSA) is 126 Å². The van der Waals surface area contributed by atoms with Gasteiger partial charge in [0.05, 0.1) is 17.0 Å². The summed E-state index contributed by atoms with van der Waals surface area (Å²) >= 11 is 0. The number of nitrogens with one attached hydrogen (secondary N) is 2. The van der Waals surface area contributed by atoms with Gasteiger partial charge in [-0.2, -0.15) is 4.98 Å². The minimum Gasteiger partial charge on any atom is -0.368 e. The first-order valence-electron chi connectivity index (χ1n) is 10.9. The zero-order chi connectivity index (χ0) is 24.5. The maximum absolute atomic E-state index is 13.3. The first kappa shape index (κ1) is 23.3. The van der Waals surface area contributed by atoms with Crippen LogP contribution in [-0.2, 0) is 11.2 Å². The molecule has 0 radical (unpaired) electrons. The molecule has 2 aromatic carbocycles. The maximum atomic E-state index is 13.3. The van der Waals surface area contributed by atoms with Gasteiger partial charge in [0.1, 0.15) is 17.8 Å². The van der Waals surface area contributed by atoms with Crippen molar-refractivity contribution in [2.24, 2.45) is 0 Å². The number of amides is 1. The summed E-state index contributed by atoms with van der Waals surface area (Å²) in [5.41, 5.74) is 1.56. The number of carbonyl (C=O) groups is 1. The number of nitrogens with zero attached hydrogens (tertiary/aromatic N) is 5. The second-order valence-corrected chi connectivity index (χ2v) is 7.48. The highest BCUT2D eigenvalue weighted by Gasteiger charge is 2.20. The van der Waals surface area contributed by atoms with Crippen molar-refractivity contribution in [1.29, 1.82) is 0 Å². The zero-order valence-corrected chi connectivity index (χ0v) is 18.7. The molecule has 35 heavy (non-hydrogen) atoms. The van der Waals surface area contributed by atoms with E-state index in [4.69, 9.17) is 0 Å². The van der Waals surface area contributed by atoms with Crippen LogP contribution in [0, 0.1) is 10.1 Å². The fraction of sp³-hybridized carbons (Fsp3) is 0.120. The molecule has 0 atom stereocenters. The molecule has 2 N–H and O–H groups in total. The molecule has 176 valence electrons. The highest BCUT2D eigenvalue weighted by atomic mass is 16.6. The predicted molar refractivity (Wildman–Crippen MR) is 134 cm³/mol. The predicted octanol–water partition coefficient (Wildman–Crippen LogP) is 4.21. The Morgan fingerprint density at radius 3 is 2.29 bits per heavy atom. The molecular formula is C25H23N7O3. The van der Waals surface area contributed by atoms with Crippen LogP contribution in [0.4, 0.5) is 29.0 Å². The number of hydrogen-bond donors (Lipinski definition) is 2. The summed E-state index contributed by atoms with van der Waals surface area (Å²) in [5, 5.41) is 16.9. The van der Waals surface area contributed by atoms with Crippen molar-refractivity contribution in [2.45, 2.75) is 6.42 Å². The van der Waals surface area contributed by atoms with Gasteiger partial charge < -0.3 is 10.6 Å². The molecule has 10 heteroatoms. The molecule has 2 heterocycles. The number of anilines is 4. The molecule has 4 rings (SSSR count). The van der Waals surface area contributed by atoms with Crippen LogP contribution >= 0.6 is 0 Å². The SMILES string of the molecule is O=C(Cc1ccccc1)N(c1ccccc1)c1ccnc(NCCNc2ccc([N+](=O)[O-])cn2)n1. The fourth-order valence-electron chi connectivity index (χ4n) is 3.35. The number of pyridine rings is 1. The summed E-state index contributed by atoms with van der Waals surface area (Å²) < 4.78 is 0. The monoisotopic (exact) mass is 469 g/mol. The summed E-state index contributed by atoms with van der Waals surface area (Å²) in [4.78, 5) is 37.9. The molecule has 0 saturated carbocycles. The van der Waals surface area contributed by atoms with E-state index in [1.54, 1.807) is 23.2 Å². The van der Waals surface area contributed by atoms with Crippen LogP contribution in [0.1, 0.15) is 5.56 Å². The van der Waals surface area contributed by atoms with E-state index in [1.165, 1.54) is 12.3 Å². The van der Waals surface area contributed by atoms with Crippen LogP contribution < -0.4 is 15.5 Å². The number of nitro groups is 1. The average Bonchev–Trinajstić information content (AvgIpc) is 2.88. The largest absolute Gasteiger partial charge is 0.368 e. The Bertz CT molecular complexity index is 1270. The van der Waals surface area contributed by atoms with Gasteiger partial charge in [0.15, 0.2) is 0 Å². The van der Waals surface area contributed by atoms with Gasteiger partial charge in [-0.25, -0.2) is 9.97 Å². The number of carbonyl (C=O) groups excluding carboxylic acids is 1. The first-order valence-corrected chi connectivity index (χ1v) is 10.9. The Labute approximate surface area is 201 Å². The summed E-state index contributed by atoms with van der Waals surface area (Å²) in [6.45, 7) is 0.944. The normalized spacial score (nSPS) is 10.4. The summed E-state index contributed by atoms with van der Waals surface area (Å²) in [6.07, 6.45) is 3.03. The molecule has 1 amide bonds. The molecule has 0 saturated heterocycles. The van der Waals surface area contributed by atoms with E-state index in [9.17, 15) is 14.9 Å². The zero-order valence-electron chi connectivity index (χ0n) is 18.7. The third kappa shape index (κ3) is 6.35. The summed E-state index contributed by atoms with van der Waals surface area (Å²) in [5.74, 6) is 1.24. The van der Waals surface area contributed by atoms with E-state index in [0.29, 0.717) is 36.4 Å². The van der Waals surface area contributed by atoms with Gasteiger partial charge in [-0.3, -0.25) is 19.8 Å². The molecule has 4 aromatic rings. The van der Waals surface area contributed by atoms with E-state index in [2.05, 4.69) is 25.6 Å². The van der Waals surface area contributed by atoms with Gasteiger partial charge in [-0.05, 0) is 23.8 Å². The van der Waals surface area contributed by atoms with Crippen LogP contribution in [0.5, 0.6) is 0 Å². The molecule has 0 aliphatic carbocycles. The van der Waals surface area contributed by atoms with E-state index in [-0.39, 0.29) is 18.0 Å². The highest BCUT2D eigenvalue weighted by Crippen LogP contribution is 2.25. The van der Waals surface area contributed by atoms with E-state index in [0.717, 1.165) is 5.56 Å². The first-order chi connectivity index (χ1) is 17.1. The fourth-order valence-corrected chi connectivity index (χ4v) is 3.35. The van der Waals surface area contributed by atoms with Crippen LogP contribution in [0.15, 0.2) is 91.3 Å². The van der Waals surface area contributed by atoms with E-state index < -0.39 is 4.92 Å². The Morgan fingerprint density at radius 1 is 0.886 bits per heavy atom. The standard InChI is InChI=1S/C25H23N7O3/c33-24(17-19-7-3-1-4-8-19)31(20-9-5-2-6-10-20)23-13-14-27-25(30-23)28-16-15-26-22-12-11-21(18-29-22)32(34)35/h1-14,18H,15-17H2,(H,26,29)(H,27,28,30). The Hall–Kier alpha value is -4.86. The van der Waals surface area contributed by atoms with Crippen molar-refractivity contribution >= 4 is 34.9 Å². The Balaban J connectivity index is 1.43. The van der Waals surface area contributed by atoms with Gasteiger partial charge >= 0.3 is 0 Å². The number of hydrogen-bond acceptors (Lipinski definition) is 8. The van der Waals surface area contributed by atoms with E-state index in [1.807, 2.05) is 60.7 Å². The number of aromatic nitrogens is 3. The van der Waals surface area contributed by atoms with Gasteiger partial charge in [-0.15, -0.1) is 0 Å². The van der Waals surface area contributed by atoms with Crippen molar-refractivity contribution in [3.8, 4) is 0 Å². The second-order valence-electron chi connectivity index (χ2n) is 7.48. The highest BCUT2D eigenvalue weighted by molar-refractivity contribution is 6.00. The van der Waals surface area contributed by atoms with Crippen molar-refractivity contribution in [3.63, 3.8) is 0 Å². The van der Waals surface area contributed by atoms with Gasteiger partial charge in [0.25, 0.3) is 5.69 Å². The molecule has 0 aliphatic heterocycles. The molecule has 0 spiro atoms. The molecule has 2 aromatic heterocycles. The average molecular weight is 470 g/mol. The van der Waals surface area contributed by atoms with Crippen molar-refractivity contribution < 1.29 is 9.72 Å². The lowest BCUT2D eigenvalue weighted by molar-refractivity contribution is -0.385. The van der Waals surface area contributed by atoms with Crippen LogP contribution in [0.3, 0.4) is 0 Å². The maximum Gasteiger partial charge on any atom is 0.287 e. The van der Waals surface area contributed by atoms with Gasteiger partial charge in [-0.1, -0.05) is 48.5 Å². The lowest BCUT2D eigenvalue weighted by Crippen LogP contribution is -2.28. The number of rotatable bonds is 10. The van der Waals surface area contributed by atoms with Crippen LogP contribution in [0.2, 0.25) is 0 Å². The molecule has 0 fully saturated rings. The lowest BCUT2D eigenvalue weighted by Gasteiger charge is -2.22. The molecule has 0 aliphatic rings. The third-order valence-electron chi connectivity index (χ3n) is 5.00. The Kier molecular flexibility index (Phi) is 7.54. The second kappa shape index (κ2) is 11.3. The quantitative estimate of drug-likeness (QED) is 0.201. The van der Waals surface area contributed by atoms with E-state index >= 15 is 0 Å². The van der Waals surface area contributed by atoms with Crippen LogP contribution in [-0.4, -0.2) is 38.9 Å². The lowest BCUT2D eigenvalue weighted by atomic mass is 10.1. The summed E-state index contributed by atoms with van der Waals surface area (Å²) in [6, 6.07) is 23.5. The molecule has 0 unspecified atom stereocenters. The number of benzene rings is 2. The molecule has 10 nitrogen and oxygen atoms in total. The van der Waals surface area contributed by atoms with Crippen molar-refractivity contribution in [3.05, 3.63) is 107 Å². The van der Waals surface area contributed by atoms with Gasteiger partial charge in [0, 0.05) is 31.4 Å². The van der Waals surface area contributed by atoms with Crippen molar-refractivity contribution in [2.75, 3.05) is 28.6 Å². The number of para-hydroxylation sites is 1. The van der Waals surface area contributed by atoms with Gasteiger partial charge in [0.2, 0.25) is 11.9 Å². The minimum absolute atomic E-state index is 0.0660. The third-order valence-corrected chi connectivity index (χ3v) is 5.00. The van der Waals surface area contributed by atoms with Crippen LogP contribution in [0.25, 0.3) is 0 Å². The smallest absolute Gasteiger partial charge is 0.287 e. The summed E-state index contributed by atoms with van der Waals surface area (Å²) in [7, 11) is 0. The van der Waals surface area contributed by atoms with Crippen molar-refractivity contribution in [1.82, 2.24) is 15.0 Å².